The molecule has 0 unspecified atom stereocenters. The van der Waals surface area contributed by atoms with Gasteiger partial charge in [-0.2, -0.15) is 0 Å². The maximum atomic E-state index is 11.8. The Hall–Kier alpha value is -0.940. The minimum Gasteiger partial charge on any atom is -0.383 e. The third-order valence-electron chi connectivity index (χ3n) is 2.14. The second kappa shape index (κ2) is 5.23. The Morgan fingerprint density at radius 1 is 1.67 bits per heavy atom. The third-order valence-corrected chi connectivity index (χ3v) is 2.57. The summed E-state index contributed by atoms with van der Waals surface area (Å²) in [5.41, 5.74) is 6.11. The number of halogens is 1. The van der Waals surface area contributed by atoms with E-state index in [1.54, 1.807) is 12.3 Å². The zero-order valence-electron chi connectivity index (χ0n) is 8.83. The number of pyridine rings is 1. The summed E-state index contributed by atoms with van der Waals surface area (Å²) in [5, 5.41) is 0. The summed E-state index contributed by atoms with van der Waals surface area (Å²) in [6.45, 7) is 3.18. The lowest BCUT2D eigenvalue weighted by Gasteiger charge is -2.13. The zero-order chi connectivity index (χ0) is 11.4. The highest BCUT2D eigenvalue weighted by atomic mass is 79.9. The number of nitrogen functional groups attached to an aromatic ring is 1. The first-order chi connectivity index (χ1) is 7.04. The summed E-state index contributed by atoms with van der Waals surface area (Å²) in [4.78, 5) is 17.6. The van der Waals surface area contributed by atoms with Crippen LogP contribution in [0.5, 0.6) is 0 Å². The van der Waals surface area contributed by atoms with Gasteiger partial charge in [-0.3, -0.25) is 9.69 Å². The minimum absolute atomic E-state index is 0.00866. The van der Waals surface area contributed by atoms with Gasteiger partial charge in [-0.1, -0.05) is 6.92 Å². The lowest BCUT2D eigenvalue weighted by Crippen LogP contribution is -2.26. The van der Waals surface area contributed by atoms with Crippen LogP contribution in [0.15, 0.2) is 16.7 Å². The quantitative estimate of drug-likeness (QED) is 0.845. The summed E-state index contributed by atoms with van der Waals surface area (Å²) >= 11 is 3.26. The number of hydrogen-bond acceptors (Lipinski definition) is 4. The molecule has 0 amide bonds. The molecule has 1 heterocycles. The van der Waals surface area contributed by atoms with Gasteiger partial charge in [0.05, 0.1) is 12.1 Å². The molecule has 2 N–H and O–H groups in total. The SMILES string of the molecule is CCN(C)CC(=O)c1cc(Br)cnc1N. The van der Waals surface area contributed by atoms with Crippen LogP contribution in [0, 0.1) is 0 Å². The number of hydrogen-bond donors (Lipinski definition) is 1. The fourth-order valence-electron chi connectivity index (χ4n) is 1.12. The molecule has 4 nitrogen and oxygen atoms in total. The molecule has 0 aliphatic carbocycles. The van der Waals surface area contributed by atoms with E-state index in [0.29, 0.717) is 12.1 Å². The molecule has 0 saturated carbocycles. The van der Waals surface area contributed by atoms with E-state index in [0.717, 1.165) is 11.0 Å². The van der Waals surface area contributed by atoms with Gasteiger partial charge in [0.2, 0.25) is 0 Å². The highest BCUT2D eigenvalue weighted by Gasteiger charge is 2.12. The average molecular weight is 272 g/mol. The summed E-state index contributed by atoms with van der Waals surface area (Å²) in [6, 6.07) is 1.70. The van der Waals surface area contributed by atoms with Crippen LogP contribution in [0.2, 0.25) is 0 Å². The summed E-state index contributed by atoms with van der Waals surface area (Å²) < 4.78 is 0.763. The van der Waals surface area contributed by atoms with E-state index in [2.05, 4.69) is 20.9 Å². The maximum Gasteiger partial charge on any atom is 0.180 e. The molecule has 0 aliphatic rings. The van der Waals surface area contributed by atoms with Gasteiger partial charge in [-0.15, -0.1) is 0 Å². The van der Waals surface area contributed by atoms with E-state index >= 15 is 0 Å². The standard InChI is InChI=1S/C10H14BrN3O/c1-3-14(2)6-9(15)8-4-7(11)5-13-10(8)12/h4-5H,3,6H2,1-2H3,(H2,12,13). The third kappa shape index (κ3) is 3.28. The van der Waals surface area contributed by atoms with Gasteiger partial charge >= 0.3 is 0 Å². The number of Topliss-reactive ketones (excluding diaryl/α,β-unsaturated/α-hetero) is 1. The molecular weight excluding hydrogens is 258 g/mol. The Labute approximate surface area is 97.6 Å². The van der Waals surface area contributed by atoms with Crippen LogP contribution < -0.4 is 5.73 Å². The fourth-order valence-corrected chi connectivity index (χ4v) is 1.45. The number of ketones is 1. The number of nitrogens with zero attached hydrogens (tertiary/aromatic N) is 2. The molecule has 0 saturated heterocycles. The first-order valence-electron chi connectivity index (χ1n) is 4.67. The first-order valence-corrected chi connectivity index (χ1v) is 5.46. The topological polar surface area (TPSA) is 59.2 Å². The molecule has 1 aromatic rings. The van der Waals surface area contributed by atoms with Crippen molar-refractivity contribution in [3.63, 3.8) is 0 Å². The molecule has 0 spiro atoms. The van der Waals surface area contributed by atoms with Crippen LogP contribution in [0.1, 0.15) is 17.3 Å². The molecular formula is C10H14BrN3O. The predicted molar refractivity (Wildman–Crippen MR) is 63.9 cm³/mol. The van der Waals surface area contributed by atoms with Crippen LogP contribution in [-0.2, 0) is 0 Å². The van der Waals surface area contributed by atoms with Gasteiger partial charge in [0.1, 0.15) is 5.82 Å². The number of aromatic nitrogens is 1. The summed E-state index contributed by atoms with van der Waals surface area (Å²) in [5.74, 6) is 0.276. The highest BCUT2D eigenvalue weighted by molar-refractivity contribution is 9.10. The van der Waals surface area contributed by atoms with Gasteiger partial charge in [0, 0.05) is 10.7 Å². The molecule has 15 heavy (non-hydrogen) atoms. The van der Waals surface area contributed by atoms with Crippen molar-refractivity contribution in [3.8, 4) is 0 Å². The largest absolute Gasteiger partial charge is 0.383 e. The molecule has 5 heteroatoms. The molecule has 0 aromatic carbocycles. The fraction of sp³-hybridized carbons (Fsp3) is 0.400. The molecule has 0 bridgehead atoms. The number of nitrogens with two attached hydrogens (primary N) is 1. The van der Waals surface area contributed by atoms with Gasteiger partial charge in [-0.05, 0) is 35.6 Å². The lowest BCUT2D eigenvalue weighted by molar-refractivity contribution is 0.0949. The Bertz CT molecular complexity index is 368. The van der Waals surface area contributed by atoms with Crippen LogP contribution >= 0.6 is 15.9 Å². The number of carbonyl (C=O) groups excluding carboxylic acids is 1. The highest BCUT2D eigenvalue weighted by Crippen LogP contribution is 2.16. The van der Waals surface area contributed by atoms with Crippen LogP contribution in [-0.4, -0.2) is 35.8 Å². The normalized spacial score (nSPS) is 10.7. The Morgan fingerprint density at radius 3 is 2.93 bits per heavy atom. The number of likely N-dealkylation sites (N-methyl/N-ethyl adjacent to an activating group) is 1. The van der Waals surface area contributed by atoms with E-state index in [1.165, 1.54) is 0 Å². The summed E-state index contributed by atoms with van der Waals surface area (Å²) in [7, 11) is 1.89. The van der Waals surface area contributed by atoms with E-state index < -0.39 is 0 Å². The van der Waals surface area contributed by atoms with E-state index in [9.17, 15) is 4.79 Å². The number of rotatable bonds is 4. The predicted octanol–water partition coefficient (Wildman–Crippen LogP) is 1.56. The Kier molecular flexibility index (Phi) is 4.23. The molecule has 0 radical (unpaired) electrons. The zero-order valence-corrected chi connectivity index (χ0v) is 10.4. The summed E-state index contributed by atoms with van der Waals surface area (Å²) in [6.07, 6.45) is 1.58. The van der Waals surface area contributed by atoms with Gasteiger partial charge in [-0.25, -0.2) is 4.98 Å². The maximum absolute atomic E-state index is 11.8. The van der Waals surface area contributed by atoms with Crippen molar-refractivity contribution < 1.29 is 4.79 Å². The first kappa shape index (κ1) is 12.1. The van der Waals surface area contributed by atoms with E-state index in [-0.39, 0.29) is 11.6 Å². The lowest BCUT2D eigenvalue weighted by atomic mass is 10.1. The van der Waals surface area contributed by atoms with Gasteiger partial charge in [0.15, 0.2) is 5.78 Å². The molecule has 0 atom stereocenters. The van der Waals surface area contributed by atoms with Gasteiger partial charge in [0.25, 0.3) is 0 Å². The Balaban J connectivity index is 2.86. The Morgan fingerprint density at radius 2 is 2.33 bits per heavy atom. The van der Waals surface area contributed by atoms with E-state index in [1.807, 2.05) is 18.9 Å². The van der Waals surface area contributed by atoms with Crippen molar-refractivity contribution >= 4 is 27.5 Å². The van der Waals surface area contributed by atoms with Crippen molar-refractivity contribution in [1.82, 2.24) is 9.88 Å². The second-order valence-electron chi connectivity index (χ2n) is 3.34. The molecule has 0 aliphatic heterocycles. The molecule has 0 fully saturated rings. The number of carbonyl (C=O) groups is 1. The second-order valence-corrected chi connectivity index (χ2v) is 4.26. The monoisotopic (exact) mass is 271 g/mol. The van der Waals surface area contributed by atoms with E-state index in [4.69, 9.17) is 5.73 Å². The van der Waals surface area contributed by atoms with Crippen LogP contribution in [0.3, 0.4) is 0 Å². The van der Waals surface area contributed by atoms with Crippen LogP contribution in [0.25, 0.3) is 0 Å². The van der Waals surface area contributed by atoms with Crippen molar-refractivity contribution in [2.24, 2.45) is 0 Å². The van der Waals surface area contributed by atoms with Crippen LogP contribution in [0.4, 0.5) is 5.82 Å². The van der Waals surface area contributed by atoms with Crippen molar-refractivity contribution in [2.45, 2.75) is 6.92 Å². The van der Waals surface area contributed by atoms with Gasteiger partial charge < -0.3 is 5.73 Å². The number of anilines is 1. The average Bonchev–Trinajstić information content (AvgIpc) is 2.21. The molecule has 1 rings (SSSR count). The van der Waals surface area contributed by atoms with Crippen molar-refractivity contribution in [2.75, 3.05) is 25.9 Å². The molecule has 1 aromatic heterocycles. The van der Waals surface area contributed by atoms with Crippen molar-refractivity contribution in [1.29, 1.82) is 0 Å². The van der Waals surface area contributed by atoms with Crippen molar-refractivity contribution in [3.05, 3.63) is 22.3 Å². The minimum atomic E-state index is -0.00866. The smallest absolute Gasteiger partial charge is 0.180 e. The molecule has 82 valence electrons.